The third kappa shape index (κ3) is 6.31. The number of nitrogens with one attached hydrogen (secondary N) is 1. The highest BCUT2D eigenvalue weighted by Crippen LogP contribution is 2.32. The van der Waals surface area contributed by atoms with Crippen LogP contribution in [0.2, 0.25) is 0 Å². The van der Waals surface area contributed by atoms with Crippen LogP contribution in [0.4, 0.5) is 4.39 Å². The molecule has 2 aromatic carbocycles. The number of nitrogens with zero attached hydrogens (tertiary/aromatic N) is 2. The Hall–Kier alpha value is -3.80. The van der Waals surface area contributed by atoms with Crippen LogP contribution >= 0.6 is 0 Å². The molecule has 1 atom stereocenters. The number of halogens is 1. The molecule has 1 fully saturated rings. The molecule has 2 heterocycles. The van der Waals surface area contributed by atoms with Crippen molar-refractivity contribution in [1.29, 1.82) is 0 Å². The van der Waals surface area contributed by atoms with Gasteiger partial charge in [0.25, 0.3) is 5.91 Å². The van der Waals surface area contributed by atoms with E-state index in [1.807, 2.05) is 37.0 Å². The van der Waals surface area contributed by atoms with Crippen molar-refractivity contribution in [3.8, 4) is 0 Å². The number of rotatable bonds is 8. The van der Waals surface area contributed by atoms with Crippen LogP contribution in [-0.4, -0.2) is 28.2 Å². The van der Waals surface area contributed by atoms with Crippen molar-refractivity contribution in [2.24, 2.45) is 0 Å². The van der Waals surface area contributed by atoms with E-state index in [1.54, 1.807) is 25.3 Å². The van der Waals surface area contributed by atoms with Gasteiger partial charge in [-0.2, -0.15) is 0 Å². The summed E-state index contributed by atoms with van der Waals surface area (Å²) in [6, 6.07) is 13.7. The molecule has 4 rings (SSSR count). The van der Waals surface area contributed by atoms with Crippen LogP contribution in [0.5, 0.6) is 0 Å². The molecule has 1 aliphatic rings. The maximum absolute atomic E-state index is 14.6. The van der Waals surface area contributed by atoms with Crippen LogP contribution in [0.25, 0.3) is 6.08 Å². The summed E-state index contributed by atoms with van der Waals surface area (Å²) in [4.78, 5) is 30.9. The van der Waals surface area contributed by atoms with Gasteiger partial charge in [0.15, 0.2) is 0 Å². The number of carbonyl (C=O) groups excluding carboxylic acids is 2. The highest BCUT2D eigenvalue weighted by molar-refractivity contribution is 5.94. The van der Waals surface area contributed by atoms with Crippen molar-refractivity contribution >= 4 is 17.9 Å². The molecule has 1 aliphatic heterocycles. The molecule has 1 aromatic heterocycles. The van der Waals surface area contributed by atoms with Crippen LogP contribution < -0.4 is 5.32 Å². The van der Waals surface area contributed by atoms with Gasteiger partial charge in [0, 0.05) is 38.0 Å². The molecule has 1 saturated heterocycles. The van der Waals surface area contributed by atoms with E-state index in [9.17, 15) is 14.0 Å². The van der Waals surface area contributed by atoms with E-state index in [2.05, 4.69) is 34.6 Å². The maximum Gasteiger partial charge on any atom is 0.253 e. The summed E-state index contributed by atoms with van der Waals surface area (Å²) in [5, 5.41) is 2.83. The predicted octanol–water partition coefficient (Wildman–Crippen LogP) is 6.02. The number of hydrogen-bond donors (Lipinski definition) is 1. The van der Waals surface area contributed by atoms with Crippen molar-refractivity contribution < 1.29 is 14.0 Å². The van der Waals surface area contributed by atoms with Crippen molar-refractivity contribution in [3.63, 3.8) is 0 Å². The fourth-order valence-corrected chi connectivity index (χ4v) is 5.02. The first-order chi connectivity index (χ1) is 17.9. The summed E-state index contributed by atoms with van der Waals surface area (Å²) in [7, 11) is 0. The number of aromatic nitrogens is 1. The summed E-state index contributed by atoms with van der Waals surface area (Å²) >= 11 is 0. The summed E-state index contributed by atoms with van der Waals surface area (Å²) in [6.07, 6.45) is 10.6. The van der Waals surface area contributed by atoms with Crippen molar-refractivity contribution in [1.82, 2.24) is 15.2 Å². The van der Waals surface area contributed by atoms with E-state index < -0.39 is 0 Å². The molecule has 5 nitrogen and oxygen atoms in total. The molecular weight excluding hydrogens is 465 g/mol. The molecule has 6 heteroatoms. The van der Waals surface area contributed by atoms with Gasteiger partial charge in [0.1, 0.15) is 5.82 Å². The SMILES string of the molecule is C/C=C\c1cc(CNC(=O)c2cncc(Cc3ccc(C4CCCN4C(C)=O)cc3)c2)c(F)cc1CC. The number of likely N-dealkylation sites (tertiary alicyclic amines) is 1. The molecule has 192 valence electrons. The van der Waals surface area contributed by atoms with Gasteiger partial charge in [-0.15, -0.1) is 0 Å². The lowest BCUT2D eigenvalue weighted by Gasteiger charge is -2.23. The van der Waals surface area contributed by atoms with Gasteiger partial charge in [-0.1, -0.05) is 43.3 Å². The smallest absolute Gasteiger partial charge is 0.253 e. The molecule has 1 unspecified atom stereocenters. The third-order valence-electron chi connectivity index (χ3n) is 6.96. The first kappa shape index (κ1) is 26.3. The average Bonchev–Trinajstić information content (AvgIpc) is 3.40. The van der Waals surface area contributed by atoms with E-state index in [0.29, 0.717) is 17.5 Å². The number of aryl methyl sites for hydroxylation is 1. The molecule has 37 heavy (non-hydrogen) atoms. The molecule has 2 amide bonds. The Morgan fingerprint density at radius 3 is 2.59 bits per heavy atom. The quantitative estimate of drug-likeness (QED) is 0.412. The zero-order valence-electron chi connectivity index (χ0n) is 21.8. The number of hydrogen-bond acceptors (Lipinski definition) is 3. The zero-order valence-corrected chi connectivity index (χ0v) is 21.8. The Bertz CT molecular complexity index is 1300. The van der Waals surface area contributed by atoms with E-state index in [-0.39, 0.29) is 30.2 Å². The second-order valence-corrected chi connectivity index (χ2v) is 9.55. The van der Waals surface area contributed by atoms with Crippen molar-refractivity contribution in [2.75, 3.05) is 6.54 Å². The minimum Gasteiger partial charge on any atom is -0.348 e. The molecule has 3 aromatic rings. The van der Waals surface area contributed by atoms with Gasteiger partial charge in [-0.05, 0) is 78.6 Å². The average molecular weight is 500 g/mol. The first-order valence-electron chi connectivity index (χ1n) is 12.9. The number of amides is 2. The van der Waals surface area contributed by atoms with Gasteiger partial charge < -0.3 is 10.2 Å². The summed E-state index contributed by atoms with van der Waals surface area (Å²) in [5.41, 5.74) is 5.97. The minimum atomic E-state index is -0.315. The lowest BCUT2D eigenvalue weighted by molar-refractivity contribution is -0.129. The van der Waals surface area contributed by atoms with Crippen molar-refractivity contribution in [2.45, 2.75) is 59.0 Å². The van der Waals surface area contributed by atoms with Gasteiger partial charge in [0.05, 0.1) is 11.6 Å². The number of allylic oxidation sites excluding steroid dienone is 1. The van der Waals surface area contributed by atoms with Gasteiger partial charge >= 0.3 is 0 Å². The summed E-state index contributed by atoms with van der Waals surface area (Å²) in [6.45, 7) is 6.47. The van der Waals surface area contributed by atoms with Crippen LogP contribution in [0.15, 0.2) is 60.9 Å². The molecule has 0 saturated carbocycles. The third-order valence-corrected chi connectivity index (χ3v) is 6.96. The van der Waals surface area contributed by atoms with Crippen molar-refractivity contribution in [3.05, 3.63) is 106 Å². The van der Waals surface area contributed by atoms with Crippen LogP contribution in [-0.2, 0) is 24.2 Å². The Kier molecular flexibility index (Phi) is 8.49. The summed E-state index contributed by atoms with van der Waals surface area (Å²) in [5.74, 6) is -0.488. The Morgan fingerprint density at radius 1 is 1.11 bits per heavy atom. The molecule has 0 bridgehead atoms. The highest BCUT2D eigenvalue weighted by Gasteiger charge is 2.27. The molecule has 0 radical (unpaired) electrons. The Morgan fingerprint density at radius 2 is 1.89 bits per heavy atom. The van der Waals surface area contributed by atoms with Gasteiger partial charge in [-0.3, -0.25) is 14.6 Å². The normalized spacial score (nSPS) is 15.4. The number of pyridine rings is 1. The summed E-state index contributed by atoms with van der Waals surface area (Å²) < 4.78 is 14.6. The van der Waals surface area contributed by atoms with Crippen LogP contribution in [0, 0.1) is 5.82 Å². The fraction of sp³-hybridized carbons (Fsp3) is 0.323. The standard InChI is InChI=1S/C31H34FN3O2/c1-4-7-26-16-27(29(32)17-24(26)5-2)20-34-31(37)28-15-23(18-33-19-28)14-22-9-11-25(12-10-22)30-8-6-13-35(30)21(3)36/h4,7,9-12,15-19,30H,5-6,8,13-14,20H2,1-3H3,(H,34,37)/b7-4-. The van der Waals surface area contributed by atoms with E-state index in [1.165, 1.54) is 6.20 Å². The second kappa shape index (κ2) is 12.0. The zero-order chi connectivity index (χ0) is 26.4. The maximum atomic E-state index is 14.6. The molecule has 0 aliphatic carbocycles. The van der Waals surface area contributed by atoms with Crippen LogP contribution in [0.3, 0.4) is 0 Å². The number of carbonyl (C=O) groups is 2. The largest absolute Gasteiger partial charge is 0.348 e. The predicted molar refractivity (Wildman–Crippen MR) is 145 cm³/mol. The van der Waals surface area contributed by atoms with Crippen LogP contribution in [0.1, 0.15) is 83.4 Å². The molecule has 1 N–H and O–H groups in total. The lowest BCUT2D eigenvalue weighted by Crippen LogP contribution is -2.27. The second-order valence-electron chi connectivity index (χ2n) is 9.55. The molecule has 0 spiro atoms. The topological polar surface area (TPSA) is 62.3 Å². The first-order valence-corrected chi connectivity index (χ1v) is 12.9. The monoisotopic (exact) mass is 499 g/mol. The van der Waals surface area contributed by atoms with E-state index in [0.717, 1.165) is 53.6 Å². The lowest BCUT2D eigenvalue weighted by atomic mass is 9.99. The molecular formula is C31H34FN3O2. The van der Waals surface area contributed by atoms with E-state index in [4.69, 9.17) is 0 Å². The highest BCUT2D eigenvalue weighted by atomic mass is 19.1. The fourth-order valence-electron chi connectivity index (χ4n) is 5.02. The van der Waals surface area contributed by atoms with E-state index >= 15 is 0 Å². The van der Waals surface area contributed by atoms with Gasteiger partial charge in [0.2, 0.25) is 5.91 Å². The number of benzene rings is 2. The minimum absolute atomic E-state index is 0.101. The Labute approximate surface area is 218 Å². The van der Waals surface area contributed by atoms with Gasteiger partial charge in [-0.25, -0.2) is 4.39 Å². The Balaban J connectivity index is 1.41.